The fourth-order valence-electron chi connectivity index (χ4n) is 4.00. The van der Waals surface area contributed by atoms with Crippen molar-refractivity contribution in [1.29, 1.82) is 0 Å². The lowest BCUT2D eigenvalue weighted by molar-refractivity contribution is -0.137. The van der Waals surface area contributed by atoms with Gasteiger partial charge in [0.2, 0.25) is 5.91 Å². The van der Waals surface area contributed by atoms with Crippen molar-refractivity contribution in [1.82, 2.24) is 10.2 Å². The summed E-state index contributed by atoms with van der Waals surface area (Å²) >= 11 is 11.0. The van der Waals surface area contributed by atoms with Gasteiger partial charge >= 0.3 is 6.18 Å². The van der Waals surface area contributed by atoms with Crippen molar-refractivity contribution in [2.75, 3.05) is 18.9 Å². The van der Waals surface area contributed by atoms with Crippen molar-refractivity contribution in [3.8, 4) is 0 Å². The van der Waals surface area contributed by atoms with Gasteiger partial charge in [-0.25, -0.2) is 0 Å². The molecule has 3 atom stereocenters. The number of anilines is 1. The molecule has 4 nitrogen and oxygen atoms in total. The van der Waals surface area contributed by atoms with Crippen LogP contribution in [0, 0.1) is 11.8 Å². The SMILES string of the molecule is CN(CC(=O)Nc1ccc(Cl)c(C(F)(F)F)c1)C(=S)N[C@H]1C[C@H]2CC[C@@H]1C2. The molecule has 27 heavy (non-hydrogen) atoms. The van der Waals surface area contributed by atoms with Crippen LogP contribution >= 0.6 is 23.8 Å². The maximum atomic E-state index is 12.9. The minimum atomic E-state index is -4.58. The number of carbonyl (C=O) groups is 1. The molecule has 0 heterocycles. The molecule has 2 saturated carbocycles. The molecular weight excluding hydrogens is 399 g/mol. The highest BCUT2D eigenvalue weighted by atomic mass is 35.5. The van der Waals surface area contributed by atoms with Crippen molar-refractivity contribution in [3.63, 3.8) is 0 Å². The molecule has 2 aliphatic rings. The van der Waals surface area contributed by atoms with Crippen LogP contribution < -0.4 is 10.6 Å². The summed E-state index contributed by atoms with van der Waals surface area (Å²) in [4.78, 5) is 13.8. The fourth-order valence-corrected chi connectivity index (χ4v) is 4.44. The largest absolute Gasteiger partial charge is 0.417 e. The van der Waals surface area contributed by atoms with Gasteiger partial charge in [-0.3, -0.25) is 4.79 Å². The number of halogens is 4. The Labute approximate surface area is 166 Å². The molecule has 2 bridgehead atoms. The van der Waals surface area contributed by atoms with E-state index in [9.17, 15) is 18.0 Å². The summed E-state index contributed by atoms with van der Waals surface area (Å²) in [7, 11) is 1.69. The van der Waals surface area contributed by atoms with Gasteiger partial charge in [-0.1, -0.05) is 18.0 Å². The van der Waals surface area contributed by atoms with Crippen molar-refractivity contribution >= 4 is 40.5 Å². The van der Waals surface area contributed by atoms with Gasteiger partial charge in [0, 0.05) is 18.8 Å². The van der Waals surface area contributed by atoms with Crippen LogP contribution in [0.5, 0.6) is 0 Å². The summed E-state index contributed by atoms with van der Waals surface area (Å²) < 4.78 is 38.7. The van der Waals surface area contributed by atoms with E-state index in [4.69, 9.17) is 23.8 Å². The highest BCUT2D eigenvalue weighted by Gasteiger charge is 2.40. The lowest BCUT2D eigenvalue weighted by atomic mass is 9.95. The van der Waals surface area contributed by atoms with Gasteiger partial charge in [-0.15, -0.1) is 0 Å². The van der Waals surface area contributed by atoms with E-state index in [2.05, 4.69) is 10.6 Å². The van der Waals surface area contributed by atoms with E-state index in [1.165, 1.54) is 25.3 Å². The minimum Gasteiger partial charge on any atom is -0.360 e. The van der Waals surface area contributed by atoms with Gasteiger partial charge in [-0.05, 0) is 61.5 Å². The van der Waals surface area contributed by atoms with Crippen LogP contribution in [-0.2, 0) is 11.0 Å². The van der Waals surface area contributed by atoms with E-state index < -0.39 is 22.7 Å². The predicted molar refractivity (Wildman–Crippen MR) is 103 cm³/mol. The molecule has 0 spiro atoms. The van der Waals surface area contributed by atoms with Crippen LogP contribution in [-0.4, -0.2) is 35.6 Å². The quantitative estimate of drug-likeness (QED) is 0.714. The average molecular weight is 420 g/mol. The first-order valence-corrected chi connectivity index (χ1v) is 9.60. The molecule has 148 valence electrons. The van der Waals surface area contributed by atoms with Crippen LogP contribution in [0.3, 0.4) is 0 Å². The monoisotopic (exact) mass is 419 g/mol. The molecule has 9 heteroatoms. The van der Waals surface area contributed by atoms with Crippen molar-refractivity contribution in [2.45, 2.75) is 37.9 Å². The summed E-state index contributed by atoms with van der Waals surface area (Å²) in [5, 5.41) is 5.86. The molecule has 1 aromatic rings. The predicted octanol–water partition coefficient (Wildman–Crippen LogP) is 4.29. The highest BCUT2D eigenvalue weighted by Crippen LogP contribution is 2.44. The third kappa shape index (κ3) is 4.85. The second-order valence-corrected chi connectivity index (χ2v) is 8.12. The van der Waals surface area contributed by atoms with Crippen LogP contribution in [0.25, 0.3) is 0 Å². The number of likely N-dealkylation sites (N-methyl/N-ethyl adjacent to an activating group) is 1. The topological polar surface area (TPSA) is 44.4 Å². The smallest absolute Gasteiger partial charge is 0.360 e. The highest BCUT2D eigenvalue weighted by molar-refractivity contribution is 7.80. The molecule has 0 aliphatic heterocycles. The van der Waals surface area contributed by atoms with Crippen LogP contribution in [0.2, 0.25) is 5.02 Å². The molecule has 1 aromatic carbocycles. The summed E-state index contributed by atoms with van der Waals surface area (Å²) in [6.07, 6.45) is 0.265. The zero-order chi connectivity index (χ0) is 19.8. The zero-order valence-corrected chi connectivity index (χ0v) is 16.3. The van der Waals surface area contributed by atoms with E-state index in [1.54, 1.807) is 11.9 Å². The first-order valence-electron chi connectivity index (χ1n) is 8.81. The van der Waals surface area contributed by atoms with E-state index in [-0.39, 0.29) is 12.2 Å². The van der Waals surface area contributed by atoms with Crippen molar-refractivity contribution < 1.29 is 18.0 Å². The standard InChI is InChI=1S/C18H21ClF3N3OS/c1-25(17(27)24-15-7-10-2-3-11(15)6-10)9-16(26)23-12-4-5-14(19)13(8-12)18(20,21)22/h4-5,8,10-11,15H,2-3,6-7,9H2,1H3,(H,23,26)(H,24,27)/t10-,11+,15-/m0/s1. The number of carbonyl (C=O) groups excluding carboxylic acids is 1. The Morgan fingerprint density at radius 2 is 2.07 bits per heavy atom. The second-order valence-electron chi connectivity index (χ2n) is 7.33. The Kier molecular flexibility index (Phi) is 5.86. The first kappa shape index (κ1) is 20.2. The average Bonchev–Trinajstić information content (AvgIpc) is 3.18. The van der Waals surface area contributed by atoms with Crippen molar-refractivity contribution in [3.05, 3.63) is 28.8 Å². The number of amides is 1. The van der Waals surface area contributed by atoms with Crippen molar-refractivity contribution in [2.24, 2.45) is 11.8 Å². The van der Waals surface area contributed by atoms with Gasteiger partial charge in [0.25, 0.3) is 0 Å². The van der Waals surface area contributed by atoms with E-state index >= 15 is 0 Å². The van der Waals surface area contributed by atoms with Gasteiger partial charge in [0.15, 0.2) is 5.11 Å². The fraction of sp³-hybridized carbons (Fsp3) is 0.556. The molecular formula is C18H21ClF3N3OS. The first-order chi connectivity index (χ1) is 12.6. The maximum absolute atomic E-state index is 12.9. The Bertz CT molecular complexity index is 743. The molecule has 3 rings (SSSR count). The minimum absolute atomic E-state index is 0.0390. The number of rotatable bonds is 4. The number of hydrogen-bond donors (Lipinski definition) is 2. The van der Waals surface area contributed by atoms with Gasteiger partial charge in [-0.2, -0.15) is 13.2 Å². The number of nitrogens with one attached hydrogen (secondary N) is 2. The number of thiocarbonyl (C=S) groups is 1. The lowest BCUT2D eigenvalue weighted by Crippen LogP contribution is -2.47. The van der Waals surface area contributed by atoms with E-state index in [0.29, 0.717) is 17.1 Å². The Hall–Kier alpha value is -1.54. The maximum Gasteiger partial charge on any atom is 0.417 e. The Balaban J connectivity index is 1.53. The normalized spacial score (nSPS) is 24.0. The van der Waals surface area contributed by atoms with E-state index in [0.717, 1.165) is 24.5 Å². The summed E-state index contributed by atoms with van der Waals surface area (Å²) in [5.74, 6) is 0.965. The number of alkyl halides is 3. The molecule has 2 aliphatic carbocycles. The number of nitrogens with zero attached hydrogens (tertiary/aromatic N) is 1. The molecule has 0 saturated heterocycles. The zero-order valence-electron chi connectivity index (χ0n) is 14.8. The third-order valence-electron chi connectivity index (χ3n) is 5.33. The number of fused-ring (bicyclic) bond motifs is 2. The number of hydrogen-bond acceptors (Lipinski definition) is 2. The third-order valence-corrected chi connectivity index (χ3v) is 6.09. The Morgan fingerprint density at radius 3 is 2.67 bits per heavy atom. The molecule has 0 unspecified atom stereocenters. The molecule has 0 aromatic heterocycles. The van der Waals surface area contributed by atoms with Crippen LogP contribution in [0.15, 0.2) is 18.2 Å². The number of benzene rings is 1. The van der Waals surface area contributed by atoms with Gasteiger partial charge in [0.1, 0.15) is 0 Å². The Morgan fingerprint density at radius 1 is 1.33 bits per heavy atom. The second kappa shape index (κ2) is 7.83. The summed E-state index contributed by atoms with van der Waals surface area (Å²) in [6.45, 7) is -0.0589. The lowest BCUT2D eigenvalue weighted by Gasteiger charge is -2.28. The summed E-state index contributed by atoms with van der Waals surface area (Å²) in [6, 6.07) is 3.63. The van der Waals surface area contributed by atoms with E-state index in [1.807, 2.05) is 0 Å². The molecule has 0 radical (unpaired) electrons. The molecule has 2 N–H and O–H groups in total. The molecule has 2 fully saturated rings. The van der Waals surface area contributed by atoms with Gasteiger partial charge < -0.3 is 15.5 Å². The van der Waals surface area contributed by atoms with Crippen LogP contribution in [0.4, 0.5) is 18.9 Å². The van der Waals surface area contributed by atoms with Crippen LogP contribution in [0.1, 0.15) is 31.2 Å². The summed E-state index contributed by atoms with van der Waals surface area (Å²) in [5.41, 5.74) is -0.944. The van der Waals surface area contributed by atoms with Gasteiger partial charge in [0.05, 0.1) is 17.1 Å². The molecule has 1 amide bonds.